The maximum atomic E-state index is 6.33. The third-order valence-electron chi connectivity index (χ3n) is 10.7. The summed E-state index contributed by atoms with van der Waals surface area (Å²) >= 11 is 1.95. The van der Waals surface area contributed by atoms with Crippen LogP contribution in [0.25, 0.3) is 53.2 Å². The van der Waals surface area contributed by atoms with Crippen LogP contribution in [-0.2, 0) is 14.9 Å². The zero-order valence-corrected chi connectivity index (χ0v) is 25.8. The average molecular weight is 567 g/mol. The molecule has 0 spiro atoms. The van der Waals surface area contributed by atoms with Gasteiger partial charge in [-0.2, -0.15) is 0 Å². The van der Waals surface area contributed by atoms with E-state index in [1.807, 2.05) is 25.6 Å². The van der Waals surface area contributed by atoms with Crippen LogP contribution < -0.4 is 0 Å². The number of benzene rings is 5. The van der Waals surface area contributed by atoms with Gasteiger partial charge in [0.05, 0.1) is 11.8 Å². The highest BCUT2D eigenvalue weighted by molar-refractivity contribution is 7.22. The van der Waals surface area contributed by atoms with Crippen molar-refractivity contribution in [1.82, 2.24) is 0 Å². The molecule has 2 nitrogen and oxygen atoms in total. The lowest BCUT2D eigenvalue weighted by Crippen LogP contribution is -2.19. The van der Waals surface area contributed by atoms with Crippen molar-refractivity contribution < 1.29 is 9.47 Å². The van der Waals surface area contributed by atoms with Gasteiger partial charge in [-0.25, -0.2) is 0 Å². The molecule has 2 unspecified atom stereocenters. The van der Waals surface area contributed by atoms with E-state index in [2.05, 4.69) is 107 Å². The largest absolute Gasteiger partial charge is 0.352 e. The smallest absolute Gasteiger partial charge is 0.182 e. The number of ether oxygens (including phenoxy) is 2. The molecule has 3 aliphatic rings. The van der Waals surface area contributed by atoms with E-state index in [9.17, 15) is 0 Å². The minimum absolute atomic E-state index is 0.145. The quantitative estimate of drug-likeness (QED) is 0.157. The Hall–Kier alpha value is -3.50. The molecule has 3 aliphatic carbocycles. The summed E-state index contributed by atoms with van der Waals surface area (Å²) in [6, 6.07) is 29.9. The molecule has 1 aromatic heterocycles. The van der Waals surface area contributed by atoms with Gasteiger partial charge in [-0.05, 0) is 83.4 Å². The summed E-state index contributed by atoms with van der Waals surface area (Å²) in [6.07, 6.45) is 0. The number of rotatable bonds is 3. The van der Waals surface area contributed by atoms with Gasteiger partial charge < -0.3 is 9.47 Å². The van der Waals surface area contributed by atoms with Crippen molar-refractivity contribution >= 4 is 43.0 Å². The van der Waals surface area contributed by atoms with Crippen molar-refractivity contribution in [2.24, 2.45) is 0 Å². The molecule has 0 radical (unpaired) electrons. The van der Waals surface area contributed by atoms with E-state index in [-0.39, 0.29) is 17.3 Å². The number of hydrogen-bond donors (Lipinski definition) is 0. The van der Waals surface area contributed by atoms with E-state index in [0.717, 1.165) is 0 Å². The van der Waals surface area contributed by atoms with Gasteiger partial charge in [0.1, 0.15) is 0 Å². The maximum absolute atomic E-state index is 6.33. The normalized spacial score (nSPS) is 20.5. The molecular weight excluding hydrogens is 532 g/mol. The Bertz CT molecular complexity index is 2140. The fourth-order valence-electron chi connectivity index (χ4n) is 8.85. The minimum atomic E-state index is -0.664. The van der Waals surface area contributed by atoms with Crippen LogP contribution in [0.1, 0.15) is 73.3 Å². The van der Waals surface area contributed by atoms with Crippen LogP contribution in [0.4, 0.5) is 0 Å². The fourth-order valence-corrected chi connectivity index (χ4v) is 10.2. The summed E-state index contributed by atoms with van der Waals surface area (Å²) in [5.74, 6) is 0.100. The first-order valence-corrected chi connectivity index (χ1v) is 15.9. The van der Waals surface area contributed by atoms with Crippen molar-refractivity contribution in [3.63, 3.8) is 0 Å². The molecule has 0 bridgehead atoms. The van der Waals surface area contributed by atoms with Crippen LogP contribution in [0.2, 0.25) is 0 Å². The summed E-state index contributed by atoms with van der Waals surface area (Å²) in [6.45, 7) is 9.45. The molecule has 0 amide bonds. The lowest BCUT2D eigenvalue weighted by Gasteiger charge is -2.31. The monoisotopic (exact) mass is 566 g/mol. The lowest BCUT2D eigenvalue weighted by atomic mass is 9.71. The molecule has 0 saturated heterocycles. The summed E-state index contributed by atoms with van der Waals surface area (Å²) < 4.78 is 14.0. The zero-order valence-electron chi connectivity index (χ0n) is 25.0. The summed E-state index contributed by atoms with van der Waals surface area (Å²) in [5.41, 5.74) is 11.1. The van der Waals surface area contributed by atoms with E-state index in [1.165, 1.54) is 81.0 Å². The second-order valence-electron chi connectivity index (χ2n) is 13.3. The van der Waals surface area contributed by atoms with Crippen LogP contribution in [0.5, 0.6) is 0 Å². The highest BCUT2D eigenvalue weighted by atomic mass is 32.1. The first kappa shape index (κ1) is 25.0. The Morgan fingerprint density at radius 1 is 0.690 bits per heavy atom. The molecule has 6 aromatic rings. The molecule has 42 heavy (non-hydrogen) atoms. The molecule has 1 fully saturated rings. The SMILES string of the molecule is COC1(OC)C2c3ccc4c(c3-c3c(c5ccccc5c5cc(C(C)C)ccc35)C21)C(C)(C)c1c-4sc2ccccc12. The topological polar surface area (TPSA) is 18.5 Å². The third-order valence-corrected chi connectivity index (χ3v) is 11.9. The third kappa shape index (κ3) is 2.79. The predicted molar refractivity (Wildman–Crippen MR) is 176 cm³/mol. The van der Waals surface area contributed by atoms with E-state index in [4.69, 9.17) is 9.47 Å². The summed E-state index contributed by atoms with van der Waals surface area (Å²) in [5, 5.41) is 6.72. The van der Waals surface area contributed by atoms with Crippen LogP contribution in [-0.4, -0.2) is 20.0 Å². The summed E-state index contributed by atoms with van der Waals surface area (Å²) in [4.78, 5) is 1.43. The van der Waals surface area contributed by atoms with Crippen LogP contribution in [0.3, 0.4) is 0 Å². The number of thiophene rings is 1. The van der Waals surface area contributed by atoms with Crippen molar-refractivity contribution in [3.8, 4) is 21.6 Å². The molecule has 0 aliphatic heterocycles. The molecule has 1 heterocycles. The Balaban J connectivity index is 1.48. The van der Waals surface area contributed by atoms with Gasteiger partial charge in [0.2, 0.25) is 0 Å². The van der Waals surface area contributed by atoms with Crippen LogP contribution >= 0.6 is 11.3 Å². The van der Waals surface area contributed by atoms with Gasteiger partial charge in [0.15, 0.2) is 5.79 Å². The van der Waals surface area contributed by atoms with E-state index >= 15 is 0 Å². The zero-order chi connectivity index (χ0) is 28.7. The van der Waals surface area contributed by atoms with Gasteiger partial charge in [-0.1, -0.05) is 100 Å². The van der Waals surface area contributed by atoms with E-state index < -0.39 is 5.79 Å². The van der Waals surface area contributed by atoms with Crippen LogP contribution in [0.15, 0.2) is 78.9 Å². The molecule has 2 atom stereocenters. The van der Waals surface area contributed by atoms with Crippen LogP contribution in [0, 0.1) is 0 Å². The first-order valence-electron chi connectivity index (χ1n) is 15.1. The van der Waals surface area contributed by atoms with Crippen molar-refractivity contribution in [1.29, 1.82) is 0 Å². The lowest BCUT2D eigenvalue weighted by molar-refractivity contribution is -0.136. The molecule has 5 aromatic carbocycles. The Labute approximate surface area is 250 Å². The first-order chi connectivity index (χ1) is 20.3. The van der Waals surface area contributed by atoms with E-state index in [1.54, 1.807) is 0 Å². The second kappa shape index (κ2) is 8.11. The van der Waals surface area contributed by atoms with Crippen molar-refractivity contribution in [3.05, 3.63) is 107 Å². The van der Waals surface area contributed by atoms with E-state index in [0.29, 0.717) is 5.92 Å². The second-order valence-corrected chi connectivity index (χ2v) is 14.3. The number of fused-ring (bicyclic) bond motifs is 17. The number of methoxy groups -OCH3 is 2. The van der Waals surface area contributed by atoms with Gasteiger partial charge >= 0.3 is 0 Å². The van der Waals surface area contributed by atoms with Gasteiger partial charge in [0.25, 0.3) is 0 Å². The van der Waals surface area contributed by atoms with Gasteiger partial charge in [-0.3, -0.25) is 0 Å². The molecular formula is C39H34O2S. The fraction of sp³-hybridized carbons (Fsp3) is 0.282. The molecule has 3 heteroatoms. The molecule has 9 rings (SSSR count). The highest BCUT2D eigenvalue weighted by Crippen LogP contribution is 2.74. The van der Waals surface area contributed by atoms with Gasteiger partial charge in [0, 0.05) is 29.2 Å². The standard InChI is InChI=1S/C39H34O2S/c1-20(2)21-15-16-24-28(19-21)22-11-7-8-12-23(22)31-30(24)32-26(34-36(31)39(34,40-5)41-6)17-18-27-33(32)38(3,4)35-25-13-9-10-14-29(25)42-37(27)35/h7-20,34,36H,1-6H3. The summed E-state index contributed by atoms with van der Waals surface area (Å²) in [7, 11) is 3.64. The maximum Gasteiger partial charge on any atom is 0.182 e. The molecule has 208 valence electrons. The van der Waals surface area contributed by atoms with Crippen molar-refractivity contribution in [2.75, 3.05) is 14.2 Å². The Morgan fingerprint density at radius 2 is 1.40 bits per heavy atom. The van der Waals surface area contributed by atoms with Crippen molar-refractivity contribution in [2.45, 2.75) is 56.7 Å². The Morgan fingerprint density at radius 3 is 2.14 bits per heavy atom. The molecule has 1 saturated carbocycles. The number of hydrogen-bond acceptors (Lipinski definition) is 3. The predicted octanol–water partition coefficient (Wildman–Crippen LogP) is 10.5. The minimum Gasteiger partial charge on any atom is -0.352 e. The highest BCUT2D eigenvalue weighted by Gasteiger charge is 2.71. The van der Waals surface area contributed by atoms with Gasteiger partial charge in [-0.15, -0.1) is 11.3 Å². The average Bonchev–Trinajstić information content (AvgIpc) is 3.42. The Kier molecular flexibility index (Phi) is 4.83. The molecule has 0 N–H and O–H groups in total.